The monoisotopic (exact) mass is 240 g/mol. The van der Waals surface area contributed by atoms with Crippen LogP contribution in [0.4, 0.5) is 0 Å². The van der Waals surface area contributed by atoms with Crippen LogP contribution in [0.1, 0.15) is 29.4 Å². The minimum absolute atomic E-state index is 0.0556. The maximum Gasteiger partial charge on any atom is 0.122 e. The molecule has 1 atom stereocenters. The average molecular weight is 241 g/mol. The molecule has 0 amide bonds. The van der Waals surface area contributed by atoms with E-state index in [1.165, 1.54) is 5.56 Å². The van der Waals surface area contributed by atoms with Gasteiger partial charge in [0.05, 0.1) is 5.38 Å². The third-order valence-corrected chi connectivity index (χ3v) is 3.44. The molecule has 2 aromatic heterocycles. The van der Waals surface area contributed by atoms with Crippen LogP contribution in [-0.2, 0) is 12.8 Å². The first-order valence-electron chi connectivity index (χ1n) is 5.03. The summed E-state index contributed by atoms with van der Waals surface area (Å²) in [7, 11) is 0. The van der Waals surface area contributed by atoms with Crippen molar-refractivity contribution in [3.8, 4) is 0 Å². The highest BCUT2D eigenvalue weighted by Gasteiger charge is 2.13. The second-order valence-electron chi connectivity index (χ2n) is 3.46. The van der Waals surface area contributed by atoms with Crippen LogP contribution in [0.3, 0.4) is 0 Å². The maximum absolute atomic E-state index is 6.28. The van der Waals surface area contributed by atoms with Crippen molar-refractivity contribution in [2.24, 2.45) is 0 Å². The van der Waals surface area contributed by atoms with Gasteiger partial charge in [0.15, 0.2) is 0 Å². The number of hydrogen-bond acceptors (Lipinski definition) is 2. The normalized spacial score (nSPS) is 12.9. The van der Waals surface area contributed by atoms with Gasteiger partial charge in [0.2, 0.25) is 0 Å². The molecule has 1 unspecified atom stereocenters. The number of rotatable bonds is 4. The average Bonchev–Trinajstić information content (AvgIpc) is 2.86. The van der Waals surface area contributed by atoms with Crippen LogP contribution in [0.5, 0.6) is 0 Å². The van der Waals surface area contributed by atoms with Gasteiger partial charge in [0.1, 0.15) is 11.5 Å². The molecule has 0 spiro atoms. The molecule has 3 heteroatoms. The van der Waals surface area contributed by atoms with Crippen LogP contribution in [0.15, 0.2) is 33.4 Å². The quantitative estimate of drug-likeness (QED) is 0.721. The fraction of sp³-hybridized carbons (Fsp3) is 0.333. The molecule has 0 aliphatic heterocycles. The second-order valence-corrected chi connectivity index (χ2v) is 4.77. The van der Waals surface area contributed by atoms with Gasteiger partial charge in [-0.05, 0) is 40.9 Å². The molecule has 2 rings (SSSR count). The zero-order chi connectivity index (χ0) is 10.7. The number of furan rings is 1. The summed E-state index contributed by atoms with van der Waals surface area (Å²) in [5.74, 6) is 1.88. The standard InChI is InChI=1S/C12H13ClOS/c1-2-10-3-4-12(14-10)11(13)7-9-5-6-15-8-9/h3-6,8,11H,2,7H2,1H3. The largest absolute Gasteiger partial charge is 0.465 e. The molecule has 0 aromatic carbocycles. The van der Waals surface area contributed by atoms with E-state index in [1.54, 1.807) is 11.3 Å². The molecule has 15 heavy (non-hydrogen) atoms. The molecule has 0 radical (unpaired) electrons. The Balaban J connectivity index is 2.04. The first kappa shape index (κ1) is 10.8. The molecule has 0 N–H and O–H groups in total. The number of aryl methyl sites for hydroxylation is 1. The Kier molecular flexibility index (Phi) is 3.49. The Labute approximate surface area is 98.7 Å². The summed E-state index contributed by atoms with van der Waals surface area (Å²) in [6.45, 7) is 2.07. The lowest BCUT2D eigenvalue weighted by Gasteiger charge is -2.04. The maximum atomic E-state index is 6.28. The van der Waals surface area contributed by atoms with Gasteiger partial charge in [-0.3, -0.25) is 0 Å². The highest BCUT2D eigenvalue weighted by molar-refractivity contribution is 7.07. The lowest BCUT2D eigenvalue weighted by atomic mass is 10.1. The minimum Gasteiger partial charge on any atom is -0.465 e. The molecule has 0 saturated heterocycles. The zero-order valence-corrected chi connectivity index (χ0v) is 10.1. The Hall–Kier alpha value is -0.730. The topological polar surface area (TPSA) is 13.1 Å². The smallest absolute Gasteiger partial charge is 0.122 e. The van der Waals surface area contributed by atoms with E-state index in [1.807, 2.05) is 12.1 Å². The fourth-order valence-corrected chi connectivity index (χ4v) is 2.45. The van der Waals surface area contributed by atoms with E-state index in [9.17, 15) is 0 Å². The van der Waals surface area contributed by atoms with Gasteiger partial charge in [-0.25, -0.2) is 0 Å². The molecule has 0 aliphatic carbocycles. The van der Waals surface area contributed by atoms with Crippen LogP contribution >= 0.6 is 22.9 Å². The molecule has 0 aliphatic rings. The Morgan fingerprint density at radius 3 is 2.87 bits per heavy atom. The van der Waals surface area contributed by atoms with Crippen molar-refractivity contribution in [3.63, 3.8) is 0 Å². The van der Waals surface area contributed by atoms with Crippen molar-refractivity contribution < 1.29 is 4.42 Å². The number of hydrogen-bond donors (Lipinski definition) is 0. The molecule has 2 aromatic rings. The van der Waals surface area contributed by atoms with Crippen molar-refractivity contribution >= 4 is 22.9 Å². The van der Waals surface area contributed by atoms with E-state index < -0.39 is 0 Å². The predicted molar refractivity (Wildman–Crippen MR) is 64.7 cm³/mol. The summed E-state index contributed by atoms with van der Waals surface area (Å²) in [6, 6.07) is 6.07. The van der Waals surface area contributed by atoms with Crippen molar-refractivity contribution in [1.29, 1.82) is 0 Å². The Morgan fingerprint density at radius 1 is 1.40 bits per heavy atom. The molecule has 0 fully saturated rings. The number of thiophene rings is 1. The number of halogens is 1. The summed E-state index contributed by atoms with van der Waals surface area (Å²) < 4.78 is 5.61. The predicted octanol–water partition coefficient (Wildman–Crippen LogP) is 4.43. The van der Waals surface area contributed by atoms with Crippen molar-refractivity contribution in [3.05, 3.63) is 46.0 Å². The SMILES string of the molecule is CCc1ccc(C(Cl)Cc2ccsc2)o1. The fourth-order valence-electron chi connectivity index (χ4n) is 1.47. The highest BCUT2D eigenvalue weighted by Crippen LogP contribution is 2.27. The molecule has 2 heterocycles. The molecular weight excluding hydrogens is 228 g/mol. The third kappa shape index (κ3) is 2.64. The lowest BCUT2D eigenvalue weighted by molar-refractivity contribution is 0.464. The van der Waals surface area contributed by atoms with Gasteiger partial charge >= 0.3 is 0 Å². The van der Waals surface area contributed by atoms with Gasteiger partial charge in [-0.1, -0.05) is 6.92 Å². The third-order valence-electron chi connectivity index (χ3n) is 2.33. The summed E-state index contributed by atoms with van der Waals surface area (Å²) in [6.07, 6.45) is 1.75. The van der Waals surface area contributed by atoms with Crippen LogP contribution in [0.2, 0.25) is 0 Å². The van der Waals surface area contributed by atoms with Gasteiger partial charge in [-0.2, -0.15) is 11.3 Å². The zero-order valence-electron chi connectivity index (χ0n) is 8.57. The first-order chi connectivity index (χ1) is 7.29. The summed E-state index contributed by atoms with van der Waals surface area (Å²) in [4.78, 5) is 0. The van der Waals surface area contributed by atoms with Gasteiger partial charge in [-0.15, -0.1) is 11.6 Å². The van der Waals surface area contributed by atoms with Crippen LogP contribution in [0, 0.1) is 0 Å². The van der Waals surface area contributed by atoms with Crippen LogP contribution in [-0.4, -0.2) is 0 Å². The van der Waals surface area contributed by atoms with Crippen LogP contribution in [0.25, 0.3) is 0 Å². The van der Waals surface area contributed by atoms with E-state index in [-0.39, 0.29) is 5.38 Å². The lowest BCUT2D eigenvalue weighted by Crippen LogP contribution is -1.92. The molecule has 0 bridgehead atoms. The van der Waals surface area contributed by atoms with E-state index in [0.717, 1.165) is 24.4 Å². The van der Waals surface area contributed by atoms with E-state index >= 15 is 0 Å². The van der Waals surface area contributed by atoms with Gasteiger partial charge in [0, 0.05) is 6.42 Å². The first-order valence-corrected chi connectivity index (χ1v) is 6.41. The van der Waals surface area contributed by atoms with Crippen molar-refractivity contribution in [2.75, 3.05) is 0 Å². The Bertz CT molecular complexity index is 405. The van der Waals surface area contributed by atoms with Crippen molar-refractivity contribution in [2.45, 2.75) is 25.1 Å². The number of alkyl halides is 1. The summed E-state index contributed by atoms with van der Waals surface area (Å²) in [5, 5.41) is 4.14. The van der Waals surface area contributed by atoms with Crippen molar-refractivity contribution in [1.82, 2.24) is 0 Å². The molecule has 80 valence electrons. The summed E-state index contributed by atoms with van der Waals surface area (Å²) >= 11 is 7.98. The summed E-state index contributed by atoms with van der Waals surface area (Å²) in [5.41, 5.74) is 1.27. The minimum atomic E-state index is -0.0556. The van der Waals surface area contributed by atoms with E-state index in [4.69, 9.17) is 16.0 Å². The molecule has 0 saturated carbocycles. The van der Waals surface area contributed by atoms with Gasteiger partial charge < -0.3 is 4.42 Å². The highest BCUT2D eigenvalue weighted by atomic mass is 35.5. The van der Waals surface area contributed by atoms with Crippen LogP contribution < -0.4 is 0 Å². The van der Waals surface area contributed by atoms with E-state index in [2.05, 4.69) is 23.8 Å². The molecular formula is C12H13ClOS. The van der Waals surface area contributed by atoms with Gasteiger partial charge in [0.25, 0.3) is 0 Å². The molecule has 1 nitrogen and oxygen atoms in total. The van der Waals surface area contributed by atoms with E-state index in [0.29, 0.717) is 0 Å². The Morgan fingerprint density at radius 2 is 2.27 bits per heavy atom. The second kappa shape index (κ2) is 4.86.